The molecular formula is C13H11F3N2O2S. The second-order valence-corrected chi connectivity index (χ2v) is 5.20. The molecule has 0 saturated heterocycles. The molecule has 0 unspecified atom stereocenters. The first-order valence-electron chi connectivity index (χ1n) is 5.84. The number of carboxylic acids is 1. The summed E-state index contributed by atoms with van der Waals surface area (Å²) in [6, 6.07) is 3.27. The van der Waals surface area contributed by atoms with E-state index in [1.807, 2.05) is 0 Å². The van der Waals surface area contributed by atoms with Gasteiger partial charge in [-0.3, -0.25) is 0 Å². The van der Waals surface area contributed by atoms with Crippen LogP contribution >= 0.6 is 11.5 Å². The standard InChI is InChI=1S/C13H11F3N2O2S/c1-6-3-4-8(13(14,15)16)5-9(6)17-11-10(12(19)20)7(2)18-21-11/h3-5,17H,1-2H3,(H,19,20). The van der Waals surface area contributed by atoms with Crippen LogP contribution < -0.4 is 5.32 Å². The molecule has 0 aliphatic rings. The lowest BCUT2D eigenvalue weighted by atomic mass is 10.1. The molecule has 112 valence electrons. The summed E-state index contributed by atoms with van der Waals surface area (Å²) in [6.45, 7) is 3.17. The fraction of sp³-hybridized carbons (Fsp3) is 0.231. The number of nitrogens with zero attached hydrogens (tertiary/aromatic N) is 1. The van der Waals surface area contributed by atoms with Gasteiger partial charge in [-0.2, -0.15) is 17.5 Å². The zero-order valence-corrected chi connectivity index (χ0v) is 11.9. The molecule has 1 heterocycles. The highest BCUT2D eigenvalue weighted by atomic mass is 32.1. The first-order valence-corrected chi connectivity index (χ1v) is 6.62. The molecule has 0 atom stereocenters. The van der Waals surface area contributed by atoms with E-state index < -0.39 is 17.7 Å². The maximum atomic E-state index is 12.7. The molecule has 0 bridgehead atoms. The first kappa shape index (κ1) is 15.3. The van der Waals surface area contributed by atoms with E-state index in [0.717, 1.165) is 23.7 Å². The Morgan fingerprint density at radius 2 is 2.00 bits per heavy atom. The third-order valence-electron chi connectivity index (χ3n) is 2.89. The Balaban J connectivity index is 2.43. The number of aromatic carboxylic acids is 1. The largest absolute Gasteiger partial charge is 0.478 e. The number of carbonyl (C=O) groups is 1. The second-order valence-electron chi connectivity index (χ2n) is 4.43. The minimum Gasteiger partial charge on any atom is -0.478 e. The van der Waals surface area contributed by atoms with Crippen molar-refractivity contribution in [1.82, 2.24) is 4.37 Å². The summed E-state index contributed by atoms with van der Waals surface area (Å²) in [4.78, 5) is 11.2. The van der Waals surface area contributed by atoms with Gasteiger partial charge in [-0.05, 0) is 43.1 Å². The molecule has 2 rings (SSSR count). The number of aromatic nitrogens is 1. The minimum absolute atomic E-state index is 0.0307. The number of halogens is 3. The molecule has 1 aromatic heterocycles. The Hall–Kier alpha value is -2.09. The van der Waals surface area contributed by atoms with Crippen molar-refractivity contribution in [3.63, 3.8) is 0 Å². The van der Waals surface area contributed by atoms with Crippen LogP contribution in [0.15, 0.2) is 18.2 Å². The van der Waals surface area contributed by atoms with Gasteiger partial charge in [-0.15, -0.1) is 0 Å². The summed E-state index contributed by atoms with van der Waals surface area (Å²) < 4.78 is 42.1. The molecule has 0 aliphatic heterocycles. The van der Waals surface area contributed by atoms with Gasteiger partial charge in [0.25, 0.3) is 0 Å². The van der Waals surface area contributed by atoms with Gasteiger partial charge in [-0.25, -0.2) is 4.79 Å². The van der Waals surface area contributed by atoms with Crippen molar-refractivity contribution in [3.05, 3.63) is 40.6 Å². The number of nitrogens with one attached hydrogen (secondary N) is 1. The van der Waals surface area contributed by atoms with E-state index in [-0.39, 0.29) is 16.3 Å². The molecule has 21 heavy (non-hydrogen) atoms. The lowest BCUT2D eigenvalue weighted by Gasteiger charge is -2.12. The van der Waals surface area contributed by atoms with E-state index in [0.29, 0.717) is 11.3 Å². The summed E-state index contributed by atoms with van der Waals surface area (Å²) in [7, 11) is 0. The summed E-state index contributed by atoms with van der Waals surface area (Å²) in [5.41, 5.74) is 0.270. The van der Waals surface area contributed by atoms with Gasteiger partial charge in [0.15, 0.2) is 0 Å². The van der Waals surface area contributed by atoms with E-state index in [9.17, 15) is 18.0 Å². The first-order chi connectivity index (χ1) is 9.70. The highest BCUT2D eigenvalue weighted by Crippen LogP contribution is 2.34. The third kappa shape index (κ3) is 3.15. The quantitative estimate of drug-likeness (QED) is 0.890. The van der Waals surface area contributed by atoms with Gasteiger partial charge in [0.05, 0.1) is 11.3 Å². The molecule has 0 saturated carbocycles. The molecular weight excluding hydrogens is 305 g/mol. The van der Waals surface area contributed by atoms with Gasteiger partial charge in [0.2, 0.25) is 0 Å². The van der Waals surface area contributed by atoms with Crippen molar-refractivity contribution in [3.8, 4) is 0 Å². The van der Waals surface area contributed by atoms with Crippen LogP contribution in [0.3, 0.4) is 0 Å². The summed E-state index contributed by atoms with van der Waals surface area (Å²) in [5.74, 6) is -1.17. The van der Waals surface area contributed by atoms with Gasteiger partial charge >= 0.3 is 12.1 Å². The minimum atomic E-state index is -4.45. The zero-order chi connectivity index (χ0) is 15.8. The Morgan fingerprint density at radius 3 is 2.57 bits per heavy atom. The summed E-state index contributed by atoms with van der Waals surface area (Å²) >= 11 is 0.898. The number of benzene rings is 1. The number of carboxylic acid groups (broad SMARTS) is 1. The van der Waals surface area contributed by atoms with Crippen molar-refractivity contribution in [2.24, 2.45) is 0 Å². The summed E-state index contributed by atoms with van der Waals surface area (Å²) in [5, 5.41) is 12.1. The highest BCUT2D eigenvalue weighted by Gasteiger charge is 2.31. The number of hydrogen-bond donors (Lipinski definition) is 2. The van der Waals surface area contributed by atoms with Crippen LogP contribution in [-0.2, 0) is 6.18 Å². The smallest absolute Gasteiger partial charge is 0.416 e. The van der Waals surface area contributed by atoms with Crippen LogP contribution in [0, 0.1) is 13.8 Å². The van der Waals surface area contributed by atoms with E-state index in [1.54, 1.807) is 6.92 Å². The normalized spacial score (nSPS) is 11.5. The second kappa shape index (κ2) is 5.36. The number of anilines is 2. The number of rotatable bonds is 3. The molecule has 0 amide bonds. The van der Waals surface area contributed by atoms with Crippen molar-refractivity contribution in [2.45, 2.75) is 20.0 Å². The van der Waals surface area contributed by atoms with E-state index in [4.69, 9.17) is 5.11 Å². The number of alkyl halides is 3. The Labute approximate surface area is 122 Å². The maximum Gasteiger partial charge on any atom is 0.416 e. The monoisotopic (exact) mass is 316 g/mol. The lowest BCUT2D eigenvalue weighted by Crippen LogP contribution is -2.07. The van der Waals surface area contributed by atoms with Crippen LogP contribution in [0.1, 0.15) is 27.2 Å². The van der Waals surface area contributed by atoms with Gasteiger partial charge in [-0.1, -0.05) is 6.07 Å². The summed E-state index contributed by atoms with van der Waals surface area (Å²) in [6.07, 6.45) is -4.45. The fourth-order valence-electron chi connectivity index (χ4n) is 1.76. The van der Waals surface area contributed by atoms with Gasteiger partial charge < -0.3 is 10.4 Å². The molecule has 1 aromatic carbocycles. The Morgan fingerprint density at radius 1 is 1.33 bits per heavy atom. The molecule has 0 radical (unpaired) electrons. The van der Waals surface area contributed by atoms with Crippen LogP contribution in [0.4, 0.5) is 23.9 Å². The Kier molecular flexibility index (Phi) is 3.91. The highest BCUT2D eigenvalue weighted by molar-refractivity contribution is 7.10. The van der Waals surface area contributed by atoms with E-state index in [1.165, 1.54) is 13.0 Å². The van der Waals surface area contributed by atoms with Gasteiger partial charge in [0.1, 0.15) is 10.6 Å². The van der Waals surface area contributed by atoms with E-state index >= 15 is 0 Å². The van der Waals surface area contributed by atoms with Gasteiger partial charge in [0, 0.05) is 5.69 Å². The van der Waals surface area contributed by atoms with Crippen molar-refractivity contribution >= 4 is 28.2 Å². The average molecular weight is 316 g/mol. The Bertz CT molecular complexity index is 695. The van der Waals surface area contributed by atoms with Crippen molar-refractivity contribution in [1.29, 1.82) is 0 Å². The molecule has 0 fully saturated rings. The molecule has 0 spiro atoms. The van der Waals surface area contributed by atoms with Crippen LogP contribution in [0.5, 0.6) is 0 Å². The average Bonchev–Trinajstić information content (AvgIpc) is 2.72. The molecule has 8 heteroatoms. The predicted molar refractivity (Wildman–Crippen MR) is 73.3 cm³/mol. The third-order valence-corrected chi connectivity index (χ3v) is 3.74. The van der Waals surface area contributed by atoms with E-state index in [2.05, 4.69) is 9.69 Å². The number of hydrogen-bond acceptors (Lipinski definition) is 4. The fourth-order valence-corrected chi connectivity index (χ4v) is 2.56. The SMILES string of the molecule is Cc1ccc(C(F)(F)F)cc1Nc1snc(C)c1C(=O)O. The zero-order valence-electron chi connectivity index (χ0n) is 11.1. The maximum absolute atomic E-state index is 12.7. The molecule has 2 aromatic rings. The van der Waals surface area contributed by atoms with Crippen LogP contribution in [0.2, 0.25) is 0 Å². The molecule has 2 N–H and O–H groups in total. The topological polar surface area (TPSA) is 62.2 Å². The van der Waals surface area contributed by atoms with Crippen LogP contribution in [0.25, 0.3) is 0 Å². The van der Waals surface area contributed by atoms with Crippen molar-refractivity contribution in [2.75, 3.05) is 5.32 Å². The number of aryl methyl sites for hydroxylation is 2. The lowest BCUT2D eigenvalue weighted by molar-refractivity contribution is -0.137. The molecule has 4 nitrogen and oxygen atoms in total. The molecule has 0 aliphatic carbocycles. The van der Waals surface area contributed by atoms with Crippen molar-refractivity contribution < 1.29 is 23.1 Å². The van der Waals surface area contributed by atoms with Crippen LogP contribution in [-0.4, -0.2) is 15.4 Å². The predicted octanol–water partition coefficient (Wildman–Crippen LogP) is 4.22.